The summed E-state index contributed by atoms with van der Waals surface area (Å²) in [5.41, 5.74) is 0. The lowest BCUT2D eigenvalue weighted by molar-refractivity contribution is -0.131. The molecule has 1 saturated heterocycles. The van der Waals surface area contributed by atoms with Crippen LogP contribution in [0.2, 0.25) is 0 Å². The summed E-state index contributed by atoms with van der Waals surface area (Å²) in [5, 5.41) is 8.56. The van der Waals surface area contributed by atoms with E-state index >= 15 is 0 Å². The zero-order valence-corrected chi connectivity index (χ0v) is 10.2. The van der Waals surface area contributed by atoms with Gasteiger partial charge in [-0.2, -0.15) is 0 Å². The van der Waals surface area contributed by atoms with Gasteiger partial charge in [0, 0.05) is 19.5 Å². The largest absolute Gasteiger partial charge is 0.394 e. The molecule has 0 aromatic rings. The molecule has 1 fully saturated rings. The molecule has 1 aliphatic rings. The highest BCUT2D eigenvalue weighted by molar-refractivity contribution is 5.76. The number of likely N-dealkylation sites (tertiary alicyclic amines) is 1. The number of aliphatic hydroxyl groups is 1. The summed E-state index contributed by atoms with van der Waals surface area (Å²) < 4.78 is 5.18. The molecule has 1 aliphatic heterocycles. The van der Waals surface area contributed by atoms with Gasteiger partial charge in [-0.05, 0) is 18.8 Å². The van der Waals surface area contributed by atoms with Crippen LogP contribution in [0.3, 0.4) is 0 Å². The molecule has 1 unspecified atom stereocenters. The van der Waals surface area contributed by atoms with Gasteiger partial charge in [-0.3, -0.25) is 4.79 Å². The van der Waals surface area contributed by atoms with E-state index < -0.39 is 0 Å². The molecule has 0 spiro atoms. The van der Waals surface area contributed by atoms with E-state index in [0.717, 1.165) is 19.4 Å². The van der Waals surface area contributed by atoms with Crippen molar-refractivity contribution in [1.82, 2.24) is 4.90 Å². The van der Waals surface area contributed by atoms with Gasteiger partial charge in [0.1, 0.15) is 0 Å². The summed E-state index contributed by atoms with van der Waals surface area (Å²) in [6, 6.07) is 0. The number of hydrogen-bond acceptors (Lipinski definition) is 3. The van der Waals surface area contributed by atoms with Crippen LogP contribution in [0.15, 0.2) is 0 Å². The number of ether oxygens (including phenoxy) is 1. The number of rotatable bonds is 6. The minimum Gasteiger partial charge on any atom is -0.394 e. The fraction of sp³-hybridized carbons (Fsp3) is 0.917. The van der Waals surface area contributed by atoms with Crippen molar-refractivity contribution in [2.24, 2.45) is 5.92 Å². The predicted molar refractivity (Wildman–Crippen MR) is 62.1 cm³/mol. The Morgan fingerprint density at radius 3 is 2.94 bits per heavy atom. The monoisotopic (exact) mass is 229 g/mol. The average Bonchev–Trinajstić information content (AvgIpc) is 2.47. The van der Waals surface area contributed by atoms with Crippen molar-refractivity contribution in [2.45, 2.75) is 32.6 Å². The molecule has 4 nitrogen and oxygen atoms in total. The third kappa shape index (κ3) is 4.49. The van der Waals surface area contributed by atoms with E-state index in [2.05, 4.69) is 6.92 Å². The molecule has 1 amide bonds. The van der Waals surface area contributed by atoms with Crippen molar-refractivity contribution in [2.75, 3.05) is 32.9 Å². The lowest BCUT2D eigenvalue weighted by Gasteiger charge is -2.20. The molecule has 16 heavy (non-hydrogen) atoms. The van der Waals surface area contributed by atoms with Gasteiger partial charge in [-0.1, -0.05) is 13.3 Å². The molecule has 1 heterocycles. The summed E-state index contributed by atoms with van der Waals surface area (Å²) in [6.45, 7) is 4.65. The van der Waals surface area contributed by atoms with Crippen LogP contribution in [0.4, 0.5) is 0 Å². The minimum absolute atomic E-state index is 0.0475. The average molecular weight is 229 g/mol. The van der Waals surface area contributed by atoms with E-state index in [1.54, 1.807) is 0 Å². The van der Waals surface area contributed by atoms with Crippen LogP contribution in [0, 0.1) is 5.92 Å². The standard InChI is InChI=1S/C12H23NO3/c1-2-11-3-4-12(15)13(6-5-11)7-9-16-10-8-14/h11,14H,2-10H2,1H3. The van der Waals surface area contributed by atoms with Gasteiger partial charge in [-0.15, -0.1) is 0 Å². The van der Waals surface area contributed by atoms with Crippen LogP contribution in [0.5, 0.6) is 0 Å². The fourth-order valence-corrected chi connectivity index (χ4v) is 2.08. The number of amides is 1. The second-order valence-electron chi connectivity index (χ2n) is 4.32. The molecule has 4 heteroatoms. The summed E-state index contributed by atoms with van der Waals surface area (Å²) in [6.07, 6.45) is 3.99. The molecule has 0 saturated carbocycles. The van der Waals surface area contributed by atoms with Crippen molar-refractivity contribution in [3.63, 3.8) is 0 Å². The maximum Gasteiger partial charge on any atom is 0.222 e. The molecule has 1 N–H and O–H groups in total. The first-order valence-corrected chi connectivity index (χ1v) is 6.24. The number of carbonyl (C=O) groups excluding carboxylic acids is 1. The highest BCUT2D eigenvalue weighted by atomic mass is 16.5. The molecule has 0 bridgehead atoms. The van der Waals surface area contributed by atoms with Crippen LogP contribution in [-0.2, 0) is 9.53 Å². The van der Waals surface area contributed by atoms with Crippen LogP contribution < -0.4 is 0 Å². The molecular formula is C12H23NO3. The molecule has 0 aromatic heterocycles. The third-order valence-corrected chi connectivity index (χ3v) is 3.24. The highest BCUT2D eigenvalue weighted by Crippen LogP contribution is 2.20. The lowest BCUT2D eigenvalue weighted by Crippen LogP contribution is -2.33. The van der Waals surface area contributed by atoms with Crippen molar-refractivity contribution in [3.05, 3.63) is 0 Å². The number of carbonyl (C=O) groups is 1. The predicted octanol–water partition coefficient (Wildman–Crippen LogP) is 1.03. The van der Waals surface area contributed by atoms with Crippen molar-refractivity contribution < 1.29 is 14.6 Å². The highest BCUT2D eigenvalue weighted by Gasteiger charge is 2.20. The second-order valence-corrected chi connectivity index (χ2v) is 4.32. The van der Waals surface area contributed by atoms with E-state index in [9.17, 15) is 4.79 Å². The Morgan fingerprint density at radius 2 is 2.25 bits per heavy atom. The Labute approximate surface area is 97.6 Å². The lowest BCUT2D eigenvalue weighted by atomic mass is 9.98. The number of nitrogens with zero attached hydrogens (tertiary/aromatic N) is 1. The van der Waals surface area contributed by atoms with Crippen LogP contribution in [0.1, 0.15) is 32.6 Å². The zero-order valence-electron chi connectivity index (χ0n) is 10.2. The minimum atomic E-state index is 0.0475. The SMILES string of the molecule is CCC1CCC(=O)N(CCOCCO)CC1. The van der Waals surface area contributed by atoms with Gasteiger partial charge in [-0.25, -0.2) is 0 Å². The van der Waals surface area contributed by atoms with Crippen LogP contribution in [-0.4, -0.2) is 48.8 Å². The first-order valence-electron chi connectivity index (χ1n) is 6.24. The van der Waals surface area contributed by atoms with E-state index in [1.807, 2.05) is 4.90 Å². The molecule has 94 valence electrons. The van der Waals surface area contributed by atoms with E-state index in [-0.39, 0.29) is 12.5 Å². The molecule has 0 aromatic carbocycles. The van der Waals surface area contributed by atoms with Crippen LogP contribution >= 0.6 is 0 Å². The molecule has 0 radical (unpaired) electrons. The van der Waals surface area contributed by atoms with Crippen molar-refractivity contribution in [3.8, 4) is 0 Å². The van der Waals surface area contributed by atoms with Gasteiger partial charge in [0.05, 0.1) is 19.8 Å². The summed E-state index contributed by atoms with van der Waals surface area (Å²) in [4.78, 5) is 13.7. The number of aliphatic hydroxyl groups excluding tert-OH is 1. The topological polar surface area (TPSA) is 49.8 Å². The summed E-state index contributed by atoms with van der Waals surface area (Å²) >= 11 is 0. The Kier molecular flexibility index (Phi) is 6.42. The van der Waals surface area contributed by atoms with Crippen molar-refractivity contribution in [1.29, 1.82) is 0 Å². The molecule has 1 rings (SSSR count). The van der Waals surface area contributed by atoms with E-state index in [0.29, 0.717) is 32.1 Å². The first-order chi connectivity index (χ1) is 7.77. The Morgan fingerprint density at radius 1 is 1.44 bits per heavy atom. The second kappa shape index (κ2) is 7.63. The smallest absolute Gasteiger partial charge is 0.222 e. The summed E-state index contributed by atoms with van der Waals surface area (Å²) in [5.74, 6) is 0.954. The quantitative estimate of drug-likeness (QED) is 0.692. The normalized spacial score (nSPS) is 22.2. The maximum atomic E-state index is 11.8. The van der Waals surface area contributed by atoms with Gasteiger partial charge >= 0.3 is 0 Å². The van der Waals surface area contributed by atoms with Gasteiger partial charge in [0.25, 0.3) is 0 Å². The van der Waals surface area contributed by atoms with Gasteiger partial charge in [0.2, 0.25) is 5.91 Å². The Hall–Kier alpha value is -0.610. The zero-order chi connectivity index (χ0) is 11.8. The van der Waals surface area contributed by atoms with Gasteiger partial charge < -0.3 is 14.7 Å². The molecule has 0 aliphatic carbocycles. The third-order valence-electron chi connectivity index (χ3n) is 3.24. The van der Waals surface area contributed by atoms with E-state index in [4.69, 9.17) is 9.84 Å². The molecule has 1 atom stereocenters. The fourth-order valence-electron chi connectivity index (χ4n) is 2.08. The molecular weight excluding hydrogens is 206 g/mol. The number of hydrogen-bond donors (Lipinski definition) is 1. The van der Waals surface area contributed by atoms with Gasteiger partial charge in [0.15, 0.2) is 0 Å². The maximum absolute atomic E-state index is 11.8. The Bertz CT molecular complexity index is 208. The first kappa shape index (κ1) is 13.5. The van der Waals surface area contributed by atoms with Crippen LogP contribution in [0.25, 0.3) is 0 Å². The Balaban J connectivity index is 2.26. The van der Waals surface area contributed by atoms with E-state index in [1.165, 1.54) is 6.42 Å². The van der Waals surface area contributed by atoms with Crippen molar-refractivity contribution >= 4 is 5.91 Å². The summed E-state index contributed by atoms with van der Waals surface area (Å²) in [7, 11) is 0.